The summed E-state index contributed by atoms with van der Waals surface area (Å²) in [6.07, 6.45) is 0. The molecular formula is C23H23NO2. The second-order valence-corrected chi connectivity index (χ2v) is 7.78. The summed E-state index contributed by atoms with van der Waals surface area (Å²) >= 11 is 0. The average molecular weight is 345 g/mol. The van der Waals surface area contributed by atoms with Gasteiger partial charge in [-0.3, -0.25) is 0 Å². The zero-order valence-corrected chi connectivity index (χ0v) is 15.3. The molecule has 0 aliphatic carbocycles. The number of hydrogen-bond acceptors (Lipinski definition) is 2. The second-order valence-electron chi connectivity index (χ2n) is 7.78. The lowest BCUT2D eigenvalue weighted by Gasteiger charge is -2.23. The molecule has 0 atom stereocenters. The summed E-state index contributed by atoms with van der Waals surface area (Å²) in [7, 11) is 0. The van der Waals surface area contributed by atoms with Gasteiger partial charge in [-0.05, 0) is 35.2 Å². The normalized spacial score (nSPS) is 12.2. The number of fused-ring (bicyclic) bond motifs is 3. The van der Waals surface area contributed by atoms with Gasteiger partial charge in [-0.25, -0.2) is 0 Å². The van der Waals surface area contributed by atoms with Crippen molar-refractivity contribution < 1.29 is 10.2 Å². The number of para-hydroxylation sites is 2. The Balaban J connectivity index is 2.16. The van der Waals surface area contributed by atoms with Crippen LogP contribution in [0, 0.1) is 0 Å². The van der Waals surface area contributed by atoms with Crippen LogP contribution in [-0.4, -0.2) is 14.8 Å². The second kappa shape index (κ2) is 5.89. The van der Waals surface area contributed by atoms with Crippen LogP contribution in [0.25, 0.3) is 27.5 Å². The van der Waals surface area contributed by atoms with Crippen molar-refractivity contribution in [2.45, 2.75) is 32.8 Å². The largest absolute Gasteiger partial charge is 0.505 e. The van der Waals surface area contributed by atoms with Gasteiger partial charge in [0.25, 0.3) is 0 Å². The Kier molecular flexibility index (Phi) is 3.78. The molecule has 0 bridgehead atoms. The highest BCUT2D eigenvalue weighted by Gasteiger charge is 2.21. The molecule has 0 fully saturated rings. The predicted molar refractivity (Wildman–Crippen MR) is 107 cm³/mol. The number of rotatable bonds is 2. The molecule has 0 aliphatic rings. The number of aromatic hydroxyl groups is 1. The Bertz CT molecular complexity index is 1060. The summed E-state index contributed by atoms with van der Waals surface area (Å²) < 4.78 is 2.09. The van der Waals surface area contributed by atoms with E-state index in [2.05, 4.69) is 49.6 Å². The Morgan fingerprint density at radius 1 is 0.846 bits per heavy atom. The van der Waals surface area contributed by atoms with Crippen LogP contribution in [0.2, 0.25) is 0 Å². The maximum absolute atomic E-state index is 10.9. The van der Waals surface area contributed by atoms with Crippen molar-refractivity contribution in [1.82, 2.24) is 4.57 Å². The van der Waals surface area contributed by atoms with Crippen LogP contribution < -0.4 is 0 Å². The Labute approximate surface area is 153 Å². The number of phenols is 1. The molecule has 3 aromatic carbocycles. The van der Waals surface area contributed by atoms with Crippen molar-refractivity contribution in [3.8, 4) is 11.4 Å². The molecule has 0 spiro atoms. The SMILES string of the molecule is CC(C)(C)c1cc(CO)c(O)c(-n2c3ccccc3c3ccccc32)c1. The predicted octanol–water partition coefficient (Wildman–Crippen LogP) is 5.28. The molecule has 0 saturated carbocycles. The van der Waals surface area contributed by atoms with Gasteiger partial charge in [0.05, 0.1) is 23.3 Å². The minimum Gasteiger partial charge on any atom is -0.505 e. The minimum atomic E-state index is -0.195. The summed E-state index contributed by atoms with van der Waals surface area (Å²) in [5.74, 6) is 0.131. The van der Waals surface area contributed by atoms with E-state index in [0.29, 0.717) is 11.3 Å². The molecule has 0 unspecified atom stereocenters. The molecule has 26 heavy (non-hydrogen) atoms. The molecule has 1 heterocycles. The van der Waals surface area contributed by atoms with Crippen LogP contribution in [0.15, 0.2) is 60.7 Å². The van der Waals surface area contributed by atoms with Gasteiger partial charge in [-0.1, -0.05) is 57.2 Å². The van der Waals surface area contributed by atoms with E-state index in [4.69, 9.17) is 0 Å². The molecule has 0 amide bonds. The quantitative estimate of drug-likeness (QED) is 0.519. The van der Waals surface area contributed by atoms with E-state index < -0.39 is 0 Å². The van der Waals surface area contributed by atoms with Gasteiger partial charge in [-0.15, -0.1) is 0 Å². The van der Waals surface area contributed by atoms with Crippen molar-refractivity contribution in [1.29, 1.82) is 0 Å². The average Bonchev–Trinajstić information content (AvgIpc) is 2.95. The standard InChI is InChI=1S/C23H23NO2/c1-23(2,3)16-12-15(14-25)22(26)21(13-16)24-19-10-6-4-8-17(19)18-9-5-7-11-20(18)24/h4-13,25-26H,14H2,1-3H3. The molecule has 1 aromatic heterocycles. The van der Waals surface area contributed by atoms with Gasteiger partial charge < -0.3 is 14.8 Å². The summed E-state index contributed by atoms with van der Waals surface area (Å²) in [6, 6.07) is 20.4. The monoisotopic (exact) mass is 345 g/mol. The lowest BCUT2D eigenvalue weighted by atomic mass is 9.85. The zero-order chi connectivity index (χ0) is 18.5. The first-order valence-electron chi connectivity index (χ1n) is 8.87. The summed E-state index contributed by atoms with van der Waals surface area (Å²) in [4.78, 5) is 0. The number of aromatic nitrogens is 1. The third-order valence-corrected chi connectivity index (χ3v) is 5.03. The third kappa shape index (κ3) is 2.47. The first-order chi connectivity index (χ1) is 12.4. The zero-order valence-electron chi connectivity index (χ0n) is 15.3. The highest BCUT2D eigenvalue weighted by Crippen LogP contribution is 2.38. The van der Waals surface area contributed by atoms with E-state index in [-0.39, 0.29) is 17.8 Å². The molecule has 0 aliphatic heterocycles. The van der Waals surface area contributed by atoms with Gasteiger partial charge in [0.2, 0.25) is 0 Å². The molecular weight excluding hydrogens is 322 g/mol. The first kappa shape index (κ1) is 16.7. The third-order valence-electron chi connectivity index (χ3n) is 5.03. The van der Waals surface area contributed by atoms with Crippen LogP contribution in [0.4, 0.5) is 0 Å². The lowest BCUT2D eigenvalue weighted by molar-refractivity contribution is 0.275. The van der Waals surface area contributed by atoms with Gasteiger partial charge in [0.15, 0.2) is 0 Å². The summed E-state index contributed by atoms with van der Waals surface area (Å²) in [6.45, 7) is 6.21. The molecule has 4 rings (SSSR count). The fourth-order valence-corrected chi connectivity index (χ4v) is 3.58. The van der Waals surface area contributed by atoms with Crippen LogP contribution in [-0.2, 0) is 12.0 Å². The van der Waals surface area contributed by atoms with E-state index in [1.807, 2.05) is 36.4 Å². The number of benzene rings is 3. The summed E-state index contributed by atoms with van der Waals surface area (Å²) in [5.41, 5.74) is 4.33. The van der Waals surface area contributed by atoms with Gasteiger partial charge in [-0.2, -0.15) is 0 Å². The number of aliphatic hydroxyl groups excluding tert-OH is 1. The highest BCUT2D eigenvalue weighted by atomic mass is 16.3. The first-order valence-corrected chi connectivity index (χ1v) is 8.87. The maximum Gasteiger partial charge on any atom is 0.145 e. The maximum atomic E-state index is 10.9. The number of aliphatic hydroxyl groups is 1. The van der Waals surface area contributed by atoms with E-state index in [9.17, 15) is 10.2 Å². The highest BCUT2D eigenvalue weighted by molar-refractivity contribution is 6.09. The number of nitrogens with zero attached hydrogens (tertiary/aromatic N) is 1. The van der Waals surface area contributed by atoms with Crippen molar-refractivity contribution in [2.75, 3.05) is 0 Å². The van der Waals surface area contributed by atoms with E-state index in [1.54, 1.807) is 0 Å². The smallest absolute Gasteiger partial charge is 0.145 e. The Hall–Kier alpha value is -2.78. The van der Waals surface area contributed by atoms with Crippen molar-refractivity contribution >= 4 is 21.8 Å². The molecule has 0 saturated heterocycles. The van der Waals surface area contributed by atoms with E-state index >= 15 is 0 Å². The van der Waals surface area contributed by atoms with Crippen LogP contribution >= 0.6 is 0 Å². The van der Waals surface area contributed by atoms with Gasteiger partial charge >= 0.3 is 0 Å². The van der Waals surface area contributed by atoms with E-state index in [1.165, 1.54) is 0 Å². The van der Waals surface area contributed by atoms with E-state index in [0.717, 1.165) is 27.4 Å². The van der Waals surface area contributed by atoms with Crippen molar-refractivity contribution in [3.05, 3.63) is 71.8 Å². The molecule has 3 heteroatoms. The molecule has 3 nitrogen and oxygen atoms in total. The fraction of sp³-hybridized carbons (Fsp3) is 0.217. The van der Waals surface area contributed by atoms with Crippen LogP contribution in [0.5, 0.6) is 5.75 Å². The minimum absolute atomic E-state index is 0.0921. The summed E-state index contributed by atoms with van der Waals surface area (Å²) in [5, 5.41) is 23.0. The Morgan fingerprint density at radius 3 is 1.88 bits per heavy atom. The Morgan fingerprint density at radius 2 is 1.38 bits per heavy atom. The molecule has 132 valence electrons. The lowest BCUT2D eigenvalue weighted by Crippen LogP contribution is -2.13. The van der Waals surface area contributed by atoms with Crippen LogP contribution in [0.3, 0.4) is 0 Å². The van der Waals surface area contributed by atoms with Crippen molar-refractivity contribution in [2.24, 2.45) is 0 Å². The number of hydrogen-bond donors (Lipinski definition) is 2. The molecule has 4 aromatic rings. The van der Waals surface area contributed by atoms with Gasteiger partial charge in [0.1, 0.15) is 5.75 Å². The van der Waals surface area contributed by atoms with Crippen molar-refractivity contribution in [3.63, 3.8) is 0 Å². The fourth-order valence-electron chi connectivity index (χ4n) is 3.58. The molecule has 0 radical (unpaired) electrons. The topological polar surface area (TPSA) is 45.4 Å². The van der Waals surface area contributed by atoms with Gasteiger partial charge in [0, 0.05) is 16.3 Å². The van der Waals surface area contributed by atoms with Crippen LogP contribution in [0.1, 0.15) is 31.9 Å². The molecule has 2 N–H and O–H groups in total.